The SMILES string of the molecule is CCCCNC(=O)[C@@H](Cc1ccccc1)N(Cc1ccccc1F)C(=O)CN(c1ccccc1CC)S(=O)(=O)c1ccccc1. The molecular formula is C36H40FN3O4S. The minimum atomic E-state index is -4.21. The molecule has 1 N–H and O–H groups in total. The van der Waals surface area contributed by atoms with Crippen LogP contribution in [0, 0.1) is 5.82 Å². The number of anilines is 1. The van der Waals surface area contributed by atoms with Crippen molar-refractivity contribution in [3.05, 3.63) is 132 Å². The molecule has 0 spiro atoms. The van der Waals surface area contributed by atoms with Crippen molar-refractivity contribution in [1.82, 2.24) is 10.2 Å². The second-order valence-electron chi connectivity index (χ2n) is 10.8. The van der Waals surface area contributed by atoms with E-state index in [4.69, 9.17) is 0 Å². The third-order valence-corrected chi connectivity index (χ3v) is 9.42. The van der Waals surface area contributed by atoms with Crippen LogP contribution in [0.5, 0.6) is 0 Å². The maximum atomic E-state index is 15.0. The predicted octanol–water partition coefficient (Wildman–Crippen LogP) is 6.14. The maximum absolute atomic E-state index is 15.0. The van der Waals surface area contributed by atoms with Gasteiger partial charge in [-0.15, -0.1) is 0 Å². The summed E-state index contributed by atoms with van der Waals surface area (Å²) in [5.41, 5.74) is 2.14. The lowest BCUT2D eigenvalue weighted by atomic mass is 10.0. The average Bonchev–Trinajstić information content (AvgIpc) is 3.06. The fourth-order valence-electron chi connectivity index (χ4n) is 5.16. The van der Waals surface area contributed by atoms with Crippen molar-refractivity contribution < 1.29 is 22.4 Å². The third-order valence-electron chi connectivity index (χ3n) is 7.65. The molecule has 4 aromatic rings. The summed E-state index contributed by atoms with van der Waals surface area (Å²) in [4.78, 5) is 29.6. The first-order valence-corrected chi connectivity index (χ1v) is 16.7. The molecule has 0 aliphatic carbocycles. The highest BCUT2D eigenvalue weighted by Crippen LogP contribution is 2.28. The molecule has 0 fully saturated rings. The number of carbonyl (C=O) groups excluding carboxylic acids is 2. The molecule has 0 aromatic heterocycles. The van der Waals surface area contributed by atoms with Crippen LogP contribution in [-0.4, -0.2) is 44.3 Å². The van der Waals surface area contributed by atoms with Gasteiger partial charge in [-0.25, -0.2) is 12.8 Å². The zero-order valence-electron chi connectivity index (χ0n) is 25.7. The van der Waals surface area contributed by atoms with Crippen molar-refractivity contribution in [2.75, 3.05) is 17.4 Å². The van der Waals surface area contributed by atoms with Gasteiger partial charge in [0.2, 0.25) is 11.8 Å². The fraction of sp³-hybridized carbons (Fsp3) is 0.278. The summed E-state index contributed by atoms with van der Waals surface area (Å²) in [5.74, 6) is -1.54. The van der Waals surface area contributed by atoms with Gasteiger partial charge in [-0.3, -0.25) is 13.9 Å². The molecule has 4 aromatic carbocycles. The Morgan fingerprint density at radius 3 is 2.04 bits per heavy atom. The number of benzene rings is 4. The van der Waals surface area contributed by atoms with Crippen LogP contribution < -0.4 is 9.62 Å². The Morgan fingerprint density at radius 2 is 1.40 bits per heavy atom. The Balaban J connectivity index is 1.82. The maximum Gasteiger partial charge on any atom is 0.264 e. The number of nitrogens with one attached hydrogen (secondary N) is 1. The smallest absolute Gasteiger partial charge is 0.264 e. The highest BCUT2D eigenvalue weighted by molar-refractivity contribution is 7.92. The number of aryl methyl sites for hydroxylation is 1. The zero-order chi connectivity index (χ0) is 32.2. The normalized spacial score (nSPS) is 11.9. The monoisotopic (exact) mass is 629 g/mol. The lowest BCUT2D eigenvalue weighted by Gasteiger charge is -2.34. The van der Waals surface area contributed by atoms with Crippen LogP contribution in [0.4, 0.5) is 10.1 Å². The van der Waals surface area contributed by atoms with Gasteiger partial charge in [0.15, 0.2) is 0 Å². The van der Waals surface area contributed by atoms with Crippen molar-refractivity contribution in [1.29, 1.82) is 0 Å². The van der Waals surface area contributed by atoms with E-state index in [0.717, 1.165) is 28.3 Å². The summed E-state index contributed by atoms with van der Waals surface area (Å²) >= 11 is 0. The molecule has 1 atom stereocenters. The second-order valence-corrected chi connectivity index (χ2v) is 12.6. The first-order chi connectivity index (χ1) is 21.8. The van der Waals surface area contributed by atoms with Gasteiger partial charge in [-0.2, -0.15) is 0 Å². The Kier molecular flexibility index (Phi) is 11.9. The van der Waals surface area contributed by atoms with Gasteiger partial charge in [0.25, 0.3) is 10.0 Å². The molecule has 4 rings (SSSR count). The highest BCUT2D eigenvalue weighted by Gasteiger charge is 2.35. The van der Waals surface area contributed by atoms with Crippen molar-refractivity contribution in [2.45, 2.75) is 57.0 Å². The first kappa shape index (κ1) is 33.4. The molecule has 0 aliphatic rings. The fourth-order valence-corrected chi connectivity index (χ4v) is 6.63. The van der Waals surface area contributed by atoms with Crippen LogP contribution in [0.2, 0.25) is 0 Å². The standard InChI is InChI=1S/C36H40FN3O4S/c1-3-5-24-38-36(42)34(25-28-16-8-6-9-17-28)39(26-30-19-12-14-22-32(30)37)35(41)27-40(33-23-15-13-18-29(33)4-2)45(43,44)31-20-10-7-11-21-31/h6-23,34H,3-5,24-27H2,1-2H3,(H,38,42)/t34-/m1/s1. The van der Waals surface area contributed by atoms with Crippen molar-refractivity contribution in [2.24, 2.45) is 0 Å². The molecule has 0 saturated heterocycles. The third kappa shape index (κ3) is 8.57. The van der Waals surface area contributed by atoms with Gasteiger partial charge < -0.3 is 10.2 Å². The molecule has 0 saturated carbocycles. The van der Waals surface area contributed by atoms with E-state index in [0.29, 0.717) is 18.7 Å². The molecule has 9 heteroatoms. The molecule has 2 amide bonds. The lowest BCUT2D eigenvalue weighted by molar-refractivity contribution is -0.140. The van der Waals surface area contributed by atoms with Crippen molar-refractivity contribution in [3.8, 4) is 0 Å². The van der Waals surface area contributed by atoms with E-state index in [2.05, 4.69) is 5.32 Å². The van der Waals surface area contributed by atoms with Crippen LogP contribution in [0.25, 0.3) is 0 Å². The second kappa shape index (κ2) is 16.0. The summed E-state index contributed by atoms with van der Waals surface area (Å²) < 4.78 is 44.5. The van der Waals surface area contributed by atoms with E-state index in [1.807, 2.05) is 56.3 Å². The van der Waals surface area contributed by atoms with Gasteiger partial charge in [0.1, 0.15) is 18.4 Å². The number of hydrogen-bond acceptors (Lipinski definition) is 4. The number of halogens is 1. The number of hydrogen-bond donors (Lipinski definition) is 1. The number of amides is 2. The van der Waals surface area contributed by atoms with Crippen LogP contribution in [0.3, 0.4) is 0 Å². The van der Waals surface area contributed by atoms with Crippen LogP contribution in [0.1, 0.15) is 43.4 Å². The van der Waals surface area contributed by atoms with E-state index >= 15 is 4.39 Å². The number of sulfonamides is 1. The Labute approximate surface area is 265 Å². The zero-order valence-corrected chi connectivity index (χ0v) is 26.5. The van der Waals surface area contributed by atoms with Crippen molar-refractivity contribution in [3.63, 3.8) is 0 Å². The Hall–Kier alpha value is -4.50. The van der Waals surface area contributed by atoms with Crippen LogP contribution >= 0.6 is 0 Å². The molecule has 0 aliphatic heterocycles. The molecular weight excluding hydrogens is 589 g/mol. The summed E-state index contributed by atoms with van der Waals surface area (Å²) in [6, 6.07) is 29.3. The first-order valence-electron chi connectivity index (χ1n) is 15.3. The average molecular weight is 630 g/mol. The van der Waals surface area contributed by atoms with E-state index in [1.54, 1.807) is 48.5 Å². The van der Waals surface area contributed by atoms with Gasteiger partial charge in [-0.1, -0.05) is 105 Å². The number of para-hydroxylation sites is 1. The largest absolute Gasteiger partial charge is 0.354 e. The van der Waals surface area contributed by atoms with Crippen LogP contribution in [-0.2, 0) is 39.0 Å². The van der Waals surface area contributed by atoms with E-state index in [1.165, 1.54) is 23.1 Å². The number of unbranched alkanes of at least 4 members (excludes halogenated alkanes) is 1. The molecule has 7 nitrogen and oxygen atoms in total. The quantitative estimate of drug-likeness (QED) is 0.160. The van der Waals surface area contributed by atoms with Crippen molar-refractivity contribution >= 4 is 27.5 Å². The lowest BCUT2D eigenvalue weighted by Crippen LogP contribution is -2.53. The van der Waals surface area contributed by atoms with Crippen LogP contribution in [0.15, 0.2) is 114 Å². The van der Waals surface area contributed by atoms with Gasteiger partial charge in [-0.05, 0) is 48.2 Å². The Morgan fingerprint density at radius 1 is 0.800 bits per heavy atom. The van der Waals surface area contributed by atoms with E-state index in [-0.39, 0.29) is 29.3 Å². The molecule has 0 heterocycles. The molecule has 0 radical (unpaired) electrons. The van der Waals surface area contributed by atoms with E-state index < -0.39 is 34.3 Å². The number of nitrogens with zero attached hydrogens (tertiary/aromatic N) is 2. The molecule has 0 bridgehead atoms. The minimum absolute atomic E-state index is 0.0301. The van der Waals surface area contributed by atoms with E-state index in [9.17, 15) is 18.0 Å². The topological polar surface area (TPSA) is 86.8 Å². The number of rotatable bonds is 15. The Bertz CT molecular complexity index is 1670. The van der Waals surface area contributed by atoms with Gasteiger partial charge in [0, 0.05) is 25.1 Å². The molecule has 236 valence electrons. The summed E-state index contributed by atoms with van der Waals surface area (Å²) in [6.45, 7) is 3.53. The van der Waals surface area contributed by atoms with Gasteiger partial charge in [0.05, 0.1) is 10.6 Å². The summed E-state index contributed by atoms with van der Waals surface area (Å²) in [5, 5.41) is 2.94. The number of carbonyl (C=O) groups is 2. The predicted molar refractivity (Wildman–Crippen MR) is 176 cm³/mol. The molecule has 45 heavy (non-hydrogen) atoms. The molecule has 0 unspecified atom stereocenters. The van der Waals surface area contributed by atoms with Gasteiger partial charge >= 0.3 is 0 Å². The highest BCUT2D eigenvalue weighted by atomic mass is 32.2. The summed E-state index contributed by atoms with van der Waals surface area (Å²) in [7, 11) is -4.21. The summed E-state index contributed by atoms with van der Waals surface area (Å²) in [6.07, 6.45) is 2.31. The minimum Gasteiger partial charge on any atom is -0.354 e.